The van der Waals surface area contributed by atoms with E-state index in [1.54, 1.807) is 6.92 Å². The molecule has 0 spiro atoms. The lowest BCUT2D eigenvalue weighted by atomic mass is 9.73. The zero-order valence-corrected chi connectivity index (χ0v) is 72.9. The van der Waals surface area contributed by atoms with Crippen molar-refractivity contribution in [3.63, 3.8) is 0 Å². The number of carbonyl (C=O) groups excluding carboxylic acids is 4. The standard InChI is InChI=1S/C25H36O6.C24H34O8.C24H34O6.C23H32O6/c1-3-5-9-25(29)31-18(4-2)10-11-19-20-12-16-7-6-8-23(30-15-24(27)28)21(16)13-17(20)14-22(19)26;1-3-17(25)7-8-18-19-11-15-5-4-6-21(31-14-23(26)27)20(15)12-16(19)13-22(18)32-24(28)30-10-9-29-2;1-3-6-24(28)30-17(4-2)9-10-18-19-11-15-7-5-8-22(29-14-23(26)27)20(15)12-16(19)13-21(18)25;1-3-16(29-23(27)4-2)8-9-17-18-10-14-6-5-7-21(28-13-22(25)26)19(14)11-15(18)12-20(17)24/h6-8,17-20,22,26H,3-5,9-15H2,1-2H3,(H,27,28);4-6,16-19,22,25H,3,7-14H2,1-2H3,(H,26,27);5,7-8,16-19,21,25H,3-4,6,9-14H2,1-2H3,(H,26,27);5-7,15-18,20,24H,3-4,8-13H2,1-2H3,(H,25,26)/t17-,18-,19+,20-,22+;16-,17-,18+,19-,22+;16-,17-,18+,19-,21+;15-,16-,17+,18-,20+/m0000/s1. The molecule has 0 bridgehead atoms. The lowest BCUT2D eigenvalue weighted by Crippen LogP contribution is -2.30. The fraction of sp³-hybridized carbons (Fsp3) is 0.667. The van der Waals surface area contributed by atoms with Crippen LogP contribution in [0.15, 0.2) is 72.8 Å². The second kappa shape index (κ2) is 48.6. The van der Waals surface area contributed by atoms with Crippen LogP contribution in [-0.2, 0) is 113 Å². The van der Waals surface area contributed by atoms with Crippen molar-refractivity contribution < 1.29 is 127 Å². The van der Waals surface area contributed by atoms with Crippen LogP contribution in [0.3, 0.4) is 0 Å². The maximum atomic E-state index is 12.2. The Bertz CT molecular complexity index is 4030. The fourth-order valence-electron chi connectivity index (χ4n) is 20.8. The van der Waals surface area contributed by atoms with Crippen molar-refractivity contribution in [2.24, 2.45) is 71.0 Å². The average molecular weight is 1710 g/mol. The summed E-state index contributed by atoms with van der Waals surface area (Å²) in [5, 5.41) is 78.2. The van der Waals surface area contributed by atoms with Crippen LogP contribution < -0.4 is 18.9 Å². The Morgan fingerprint density at radius 3 is 1.05 bits per heavy atom. The minimum atomic E-state index is -1.01. The smallest absolute Gasteiger partial charge is 0.482 e. The van der Waals surface area contributed by atoms with Crippen molar-refractivity contribution in [2.45, 2.75) is 290 Å². The van der Waals surface area contributed by atoms with E-state index in [2.05, 4.69) is 31.2 Å². The molecule has 0 aliphatic heterocycles. The Labute approximate surface area is 719 Å². The lowest BCUT2D eigenvalue weighted by molar-refractivity contribution is -0.150. The van der Waals surface area contributed by atoms with Gasteiger partial charge >= 0.3 is 47.9 Å². The van der Waals surface area contributed by atoms with Crippen molar-refractivity contribution in [2.75, 3.05) is 46.8 Å². The molecule has 8 aliphatic carbocycles. The number of hydrogen-bond donors (Lipinski definition) is 8. The molecule has 0 amide bonds. The van der Waals surface area contributed by atoms with Gasteiger partial charge in [-0.2, -0.15) is 0 Å². The van der Waals surface area contributed by atoms with Crippen molar-refractivity contribution in [3.8, 4) is 23.0 Å². The lowest BCUT2D eigenvalue weighted by Gasteiger charge is -2.32. The molecule has 26 nitrogen and oxygen atoms in total. The van der Waals surface area contributed by atoms with Gasteiger partial charge in [-0.15, -0.1) is 0 Å². The Hall–Kier alpha value is -8.56. The number of aliphatic hydroxyl groups is 4. The Kier molecular flexibility index (Phi) is 38.8. The number of carboxylic acid groups (broad SMARTS) is 4. The third-order valence-corrected chi connectivity index (χ3v) is 27.0. The number of carboxylic acids is 4. The number of methoxy groups -OCH3 is 1. The summed E-state index contributed by atoms with van der Waals surface area (Å²) < 4.78 is 54.6. The zero-order chi connectivity index (χ0) is 88.1. The number of hydrogen-bond acceptors (Lipinski definition) is 22. The molecule has 26 heteroatoms. The molecule has 0 heterocycles. The summed E-state index contributed by atoms with van der Waals surface area (Å²) in [5.41, 5.74) is 9.05. The van der Waals surface area contributed by atoms with Gasteiger partial charge in [0, 0.05) is 26.4 Å². The number of rotatable bonds is 41. The zero-order valence-electron chi connectivity index (χ0n) is 72.9. The van der Waals surface area contributed by atoms with Crippen molar-refractivity contribution in [1.82, 2.24) is 0 Å². The van der Waals surface area contributed by atoms with E-state index in [0.29, 0.717) is 110 Å². The van der Waals surface area contributed by atoms with Crippen LogP contribution in [0.4, 0.5) is 4.79 Å². The Morgan fingerprint density at radius 2 is 0.730 bits per heavy atom. The first-order valence-electron chi connectivity index (χ1n) is 45.1. The maximum absolute atomic E-state index is 12.2. The monoisotopic (exact) mass is 1700 g/mol. The largest absolute Gasteiger partial charge is 0.508 e. The molecule has 20 atom stereocenters. The summed E-state index contributed by atoms with van der Waals surface area (Å²) >= 11 is 0. The van der Waals surface area contributed by atoms with Crippen molar-refractivity contribution in [3.05, 3.63) is 117 Å². The molecule has 676 valence electrons. The third kappa shape index (κ3) is 27.7. The van der Waals surface area contributed by atoms with Crippen molar-refractivity contribution in [1.29, 1.82) is 0 Å². The van der Waals surface area contributed by atoms with Crippen LogP contribution in [0.25, 0.3) is 0 Å². The topological polar surface area (TPSA) is 391 Å². The Morgan fingerprint density at radius 1 is 0.393 bits per heavy atom. The summed E-state index contributed by atoms with van der Waals surface area (Å²) in [6.45, 7) is 12.9. The van der Waals surface area contributed by atoms with Gasteiger partial charge in [-0.25, -0.2) is 24.0 Å². The first-order chi connectivity index (χ1) is 58.7. The molecule has 4 aromatic rings. The van der Waals surface area contributed by atoms with Gasteiger partial charge in [-0.1, -0.05) is 103 Å². The number of ether oxygens (including phenoxy) is 10. The summed E-state index contributed by atoms with van der Waals surface area (Å²) in [5.74, 6) is 1.84. The van der Waals surface area contributed by atoms with E-state index in [1.807, 2.05) is 83.1 Å². The van der Waals surface area contributed by atoms with E-state index in [-0.39, 0.29) is 129 Å². The van der Waals surface area contributed by atoms with Gasteiger partial charge in [-0.05, 0) is 307 Å². The molecule has 0 radical (unpaired) electrons. The molecule has 0 unspecified atom stereocenters. The first-order valence-corrected chi connectivity index (χ1v) is 45.1. The van der Waals surface area contributed by atoms with E-state index in [9.17, 15) is 58.8 Å². The third-order valence-electron chi connectivity index (χ3n) is 27.0. The molecular weight excluding hydrogens is 1570 g/mol. The van der Waals surface area contributed by atoms with E-state index < -0.39 is 30.0 Å². The minimum absolute atomic E-state index is 0.0810. The number of carbonyl (C=O) groups is 8. The van der Waals surface area contributed by atoms with Crippen LogP contribution in [0.2, 0.25) is 0 Å². The van der Waals surface area contributed by atoms with Gasteiger partial charge in [0.05, 0.1) is 31.0 Å². The number of benzene rings is 4. The highest BCUT2D eigenvalue weighted by Crippen LogP contribution is 2.54. The highest BCUT2D eigenvalue weighted by atomic mass is 16.7. The number of esters is 3. The van der Waals surface area contributed by atoms with Gasteiger partial charge in [0.2, 0.25) is 0 Å². The Balaban J connectivity index is 0.000000185. The van der Waals surface area contributed by atoms with E-state index in [0.717, 1.165) is 182 Å². The van der Waals surface area contributed by atoms with Crippen LogP contribution in [0.1, 0.15) is 234 Å². The van der Waals surface area contributed by atoms with Gasteiger partial charge in [0.25, 0.3) is 0 Å². The minimum Gasteiger partial charge on any atom is -0.482 e. The van der Waals surface area contributed by atoms with Crippen LogP contribution in [0, 0.1) is 71.0 Å². The number of aliphatic carboxylic acids is 4. The van der Waals surface area contributed by atoms with E-state index in [1.165, 1.54) is 23.8 Å². The fourth-order valence-corrected chi connectivity index (χ4v) is 20.8. The molecule has 4 fully saturated rings. The predicted octanol–water partition coefficient (Wildman–Crippen LogP) is 14.5. The van der Waals surface area contributed by atoms with E-state index in [4.69, 9.17) is 67.8 Å². The highest BCUT2D eigenvalue weighted by molar-refractivity contribution is 5.71. The molecule has 4 saturated carbocycles. The van der Waals surface area contributed by atoms with E-state index >= 15 is 0 Å². The predicted molar refractivity (Wildman–Crippen MR) is 453 cm³/mol. The van der Waals surface area contributed by atoms with Gasteiger partial charge in [0.15, 0.2) is 26.4 Å². The molecular formula is C96H136O26. The number of fused-ring (bicyclic) bond motifs is 8. The van der Waals surface area contributed by atoms with Gasteiger partial charge < -0.3 is 88.2 Å². The van der Waals surface area contributed by atoms with Crippen LogP contribution >= 0.6 is 0 Å². The normalized spacial score (nSPS) is 25.6. The van der Waals surface area contributed by atoms with Crippen molar-refractivity contribution >= 4 is 47.9 Å². The SMILES string of the molecule is CCC(=O)O[C@@H](CC)CC[C@@H]1[C@H]2Cc3cccc(OCC(=O)O)c3C[C@H]2C[C@H]1O.CCCC(=O)O[C@@H](CC)CC[C@@H]1[C@H]2Cc3cccc(OCC(=O)O)c3C[C@H]2C[C@H]1O.CCCCC(=O)O[C@@H](CC)CC[C@@H]1[C@H]2Cc3cccc(OCC(=O)O)c3C[C@H]2C[C@H]1O.CC[C@H](O)CC[C@@H]1[C@H]2Cc3cccc(OCC(=O)O)c3C[C@H]2C[C@H]1OC(=O)OCCOC. The molecule has 122 heavy (non-hydrogen) atoms. The van der Waals surface area contributed by atoms with Crippen LogP contribution in [0.5, 0.6) is 23.0 Å². The number of aliphatic hydroxyl groups excluding tert-OH is 4. The molecule has 0 saturated heterocycles. The molecule has 8 N–H and O–H groups in total. The quantitative estimate of drug-likeness (QED) is 0.0116. The second-order valence-corrected chi connectivity index (χ2v) is 34.8. The summed E-state index contributed by atoms with van der Waals surface area (Å²) in [4.78, 5) is 91.2. The molecule has 8 aliphatic rings. The highest BCUT2D eigenvalue weighted by Gasteiger charge is 2.50. The molecule has 0 aromatic heterocycles. The summed E-state index contributed by atoms with van der Waals surface area (Å²) in [7, 11) is 1.54. The first kappa shape index (κ1) is 97.2. The summed E-state index contributed by atoms with van der Waals surface area (Å²) in [6, 6.07) is 23.3. The maximum Gasteiger partial charge on any atom is 0.508 e. The summed E-state index contributed by atoms with van der Waals surface area (Å²) in [6.07, 6.45) is 20.4. The number of unbranched alkanes of at least 4 members (excludes halogenated alkanes) is 1. The van der Waals surface area contributed by atoms with Crippen LogP contribution in [-0.4, -0.2) is 184 Å². The average Bonchev–Trinajstić information content (AvgIpc) is 1.62. The second-order valence-electron chi connectivity index (χ2n) is 34.8. The van der Waals surface area contributed by atoms with Gasteiger partial charge in [-0.3, -0.25) is 14.4 Å². The van der Waals surface area contributed by atoms with Gasteiger partial charge in [0.1, 0.15) is 54.0 Å². The molecule has 4 aromatic carbocycles. The molecule has 12 rings (SSSR count).